The molecule has 68 valence electrons. The molecule has 1 heterocycles. The van der Waals surface area contributed by atoms with E-state index in [1.54, 1.807) is 0 Å². The lowest BCUT2D eigenvalue weighted by molar-refractivity contribution is 0.568. The molecule has 0 bridgehead atoms. The van der Waals surface area contributed by atoms with Crippen LogP contribution in [0.5, 0.6) is 0 Å². The third-order valence-corrected chi connectivity index (χ3v) is 2.54. The Morgan fingerprint density at radius 1 is 1.15 bits per heavy atom. The first-order chi connectivity index (χ1) is 6.27. The van der Waals surface area contributed by atoms with Crippen LogP contribution in [0.3, 0.4) is 0 Å². The minimum absolute atomic E-state index is 0.314. The molecule has 0 saturated carbocycles. The molecule has 1 aromatic rings. The van der Waals surface area contributed by atoms with E-state index in [4.69, 9.17) is 12.2 Å². The summed E-state index contributed by atoms with van der Waals surface area (Å²) in [6, 6.07) is 11.0. The van der Waals surface area contributed by atoms with Crippen LogP contribution in [0, 0.1) is 0 Å². The molecule has 0 spiro atoms. The summed E-state index contributed by atoms with van der Waals surface area (Å²) >= 11 is 5.05. The summed E-state index contributed by atoms with van der Waals surface area (Å²) in [5.74, 6) is 0. The average molecular weight is 192 g/mol. The summed E-state index contributed by atoms with van der Waals surface area (Å²) < 4.78 is 0. The fourth-order valence-corrected chi connectivity index (χ4v) is 1.94. The maximum absolute atomic E-state index is 5.05. The lowest BCUT2D eigenvalue weighted by Gasteiger charge is -2.14. The van der Waals surface area contributed by atoms with Crippen molar-refractivity contribution in [3.05, 3.63) is 35.9 Å². The van der Waals surface area contributed by atoms with Crippen LogP contribution in [0.4, 0.5) is 0 Å². The van der Waals surface area contributed by atoms with Gasteiger partial charge in [-0.3, -0.25) is 0 Å². The summed E-state index contributed by atoms with van der Waals surface area (Å²) in [6.45, 7) is 2.13. The predicted octanol–water partition coefficient (Wildman–Crippen LogP) is 1.59. The molecular formula is C10H12N2S. The van der Waals surface area contributed by atoms with E-state index in [2.05, 4.69) is 29.7 Å². The third kappa shape index (κ3) is 1.65. The van der Waals surface area contributed by atoms with Crippen molar-refractivity contribution >= 4 is 17.3 Å². The smallest absolute Gasteiger partial charge is 0.167 e. The van der Waals surface area contributed by atoms with Gasteiger partial charge in [0.2, 0.25) is 0 Å². The number of hydrogen-bond donors (Lipinski definition) is 2. The zero-order valence-corrected chi connectivity index (χ0v) is 8.27. The van der Waals surface area contributed by atoms with Gasteiger partial charge in [0.05, 0.1) is 6.04 Å². The quantitative estimate of drug-likeness (QED) is 0.661. The molecule has 2 nitrogen and oxygen atoms in total. The Kier molecular flexibility index (Phi) is 2.19. The van der Waals surface area contributed by atoms with Gasteiger partial charge in [-0.2, -0.15) is 0 Å². The average Bonchev–Trinajstić information content (AvgIpc) is 2.47. The van der Waals surface area contributed by atoms with Gasteiger partial charge >= 0.3 is 0 Å². The minimum Gasteiger partial charge on any atom is -0.358 e. The first-order valence-electron chi connectivity index (χ1n) is 4.39. The van der Waals surface area contributed by atoms with Gasteiger partial charge in [-0.15, -0.1) is 0 Å². The predicted molar refractivity (Wildman–Crippen MR) is 57.5 cm³/mol. The van der Waals surface area contributed by atoms with Gasteiger partial charge in [0.25, 0.3) is 0 Å². The van der Waals surface area contributed by atoms with Gasteiger partial charge in [-0.05, 0) is 24.7 Å². The van der Waals surface area contributed by atoms with Gasteiger partial charge in [0.15, 0.2) is 5.11 Å². The van der Waals surface area contributed by atoms with Crippen LogP contribution in [0.2, 0.25) is 0 Å². The molecule has 2 rings (SSSR count). The summed E-state index contributed by atoms with van der Waals surface area (Å²) in [4.78, 5) is 0. The van der Waals surface area contributed by atoms with Crippen molar-refractivity contribution < 1.29 is 0 Å². The molecule has 3 heteroatoms. The first kappa shape index (κ1) is 8.51. The normalized spacial score (nSPS) is 26.7. The zero-order valence-electron chi connectivity index (χ0n) is 7.45. The summed E-state index contributed by atoms with van der Waals surface area (Å²) in [6.07, 6.45) is 0. The molecule has 0 aromatic heterocycles. The second-order valence-corrected chi connectivity index (χ2v) is 3.70. The zero-order chi connectivity index (χ0) is 9.26. The Balaban J connectivity index is 2.23. The molecule has 2 N–H and O–H groups in total. The largest absolute Gasteiger partial charge is 0.358 e. The molecule has 1 fully saturated rings. The molecule has 2 atom stereocenters. The highest BCUT2D eigenvalue weighted by Crippen LogP contribution is 2.19. The molecule has 1 saturated heterocycles. The molecule has 13 heavy (non-hydrogen) atoms. The molecule has 1 aromatic carbocycles. The highest BCUT2D eigenvalue weighted by Gasteiger charge is 2.26. The molecule has 1 aliphatic rings. The second-order valence-electron chi connectivity index (χ2n) is 3.29. The van der Waals surface area contributed by atoms with E-state index in [0.29, 0.717) is 12.1 Å². The van der Waals surface area contributed by atoms with E-state index in [1.165, 1.54) is 5.56 Å². The molecule has 2 unspecified atom stereocenters. The molecule has 0 radical (unpaired) electrons. The van der Waals surface area contributed by atoms with E-state index >= 15 is 0 Å². The van der Waals surface area contributed by atoms with E-state index in [9.17, 15) is 0 Å². The topological polar surface area (TPSA) is 24.1 Å². The Morgan fingerprint density at radius 2 is 1.85 bits per heavy atom. The highest BCUT2D eigenvalue weighted by atomic mass is 32.1. The number of benzene rings is 1. The van der Waals surface area contributed by atoms with E-state index in [-0.39, 0.29) is 0 Å². The molecular weight excluding hydrogens is 180 g/mol. The van der Waals surface area contributed by atoms with Crippen molar-refractivity contribution in [2.75, 3.05) is 0 Å². The van der Waals surface area contributed by atoms with Crippen molar-refractivity contribution in [1.29, 1.82) is 0 Å². The highest BCUT2D eigenvalue weighted by molar-refractivity contribution is 7.80. The summed E-state index contributed by atoms with van der Waals surface area (Å²) in [7, 11) is 0. The maximum Gasteiger partial charge on any atom is 0.167 e. The van der Waals surface area contributed by atoms with Crippen molar-refractivity contribution in [2.45, 2.75) is 19.0 Å². The maximum atomic E-state index is 5.05. The lowest BCUT2D eigenvalue weighted by Crippen LogP contribution is -2.23. The van der Waals surface area contributed by atoms with E-state index in [1.807, 2.05) is 18.2 Å². The monoisotopic (exact) mass is 192 g/mol. The van der Waals surface area contributed by atoms with Crippen LogP contribution in [-0.2, 0) is 0 Å². The van der Waals surface area contributed by atoms with Gasteiger partial charge in [0, 0.05) is 6.04 Å². The van der Waals surface area contributed by atoms with Gasteiger partial charge in [0.1, 0.15) is 0 Å². The molecule has 0 aliphatic carbocycles. The van der Waals surface area contributed by atoms with E-state index in [0.717, 1.165) is 5.11 Å². The lowest BCUT2D eigenvalue weighted by atomic mass is 10.0. The van der Waals surface area contributed by atoms with Crippen molar-refractivity contribution in [3.63, 3.8) is 0 Å². The number of nitrogens with one attached hydrogen (secondary N) is 2. The van der Waals surface area contributed by atoms with Crippen molar-refractivity contribution in [3.8, 4) is 0 Å². The Labute approximate surface area is 83.3 Å². The molecule has 0 amide bonds. The van der Waals surface area contributed by atoms with Crippen molar-refractivity contribution in [1.82, 2.24) is 10.6 Å². The number of thiocarbonyl (C=S) groups is 1. The molecule has 1 aliphatic heterocycles. The van der Waals surface area contributed by atoms with Crippen LogP contribution < -0.4 is 10.6 Å². The van der Waals surface area contributed by atoms with Gasteiger partial charge < -0.3 is 10.6 Å². The standard InChI is InChI=1S/C10H12N2S/c1-7-9(12-10(13)11-7)8-5-3-2-4-6-8/h2-7,9H,1H3,(H2,11,12,13). The number of hydrogen-bond acceptors (Lipinski definition) is 1. The minimum atomic E-state index is 0.314. The Bertz CT molecular complexity index is 310. The van der Waals surface area contributed by atoms with Crippen LogP contribution in [0.25, 0.3) is 0 Å². The SMILES string of the molecule is CC1NC(=S)NC1c1ccccc1. The van der Waals surface area contributed by atoms with Crippen LogP contribution in [0.1, 0.15) is 18.5 Å². The van der Waals surface area contributed by atoms with Gasteiger partial charge in [-0.25, -0.2) is 0 Å². The Morgan fingerprint density at radius 3 is 2.38 bits per heavy atom. The van der Waals surface area contributed by atoms with E-state index < -0.39 is 0 Å². The fraction of sp³-hybridized carbons (Fsp3) is 0.300. The summed E-state index contributed by atoms with van der Waals surface area (Å²) in [5.41, 5.74) is 1.28. The van der Waals surface area contributed by atoms with Crippen LogP contribution in [-0.4, -0.2) is 11.2 Å². The first-order valence-corrected chi connectivity index (χ1v) is 4.80. The third-order valence-electron chi connectivity index (χ3n) is 2.30. The van der Waals surface area contributed by atoms with Crippen LogP contribution in [0.15, 0.2) is 30.3 Å². The van der Waals surface area contributed by atoms with Gasteiger partial charge in [-0.1, -0.05) is 30.3 Å². The van der Waals surface area contributed by atoms with Crippen LogP contribution >= 0.6 is 12.2 Å². The number of rotatable bonds is 1. The fourth-order valence-electron chi connectivity index (χ4n) is 1.63. The Hall–Kier alpha value is -1.09. The van der Waals surface area contributed by atoms with Crippen molar-refractivity contribution in [2.24, 2.45) is 0 Å². The summed E-state index contributed by atoms with van der Waals surface area (Å²) in [5, 5.41) is 7.18. The second kappa shape index (κ2) is 3.34.